The van der Waals surface area contributed by atoms with Crippen molar-refractivity contribution in [2.24, 2.45) is 5.73 Å². The van der Waals surface area contributed by atoms with Gasteiger partial charge in [-0.15, -0.1) is 0 Å². The van der Waals surface area contributed by atoms with E-state index in [0.29, 0.717) is 0 Å². The van der Waals surface area contributed by atoms with E-state index in [1.165, 1.54) is 6.20 Å². The minimum absolute atomic E-state index is 0.0140. The number of rotatable bonds is 10. The fourth-order valence-electron chi connectivity index (χ4n) is 2.71. The first-order valence-electron chi connectivity index (χ1n) is 8.60. The summed E-state index contributed by atoms with van der Waals surface area (Å²) in [5.41, 5.74) is 3.98. The Hall–Kier alpha value is -1.85. The molecule has 1 aromatic heterocycles. The quantitative estimate of drug-likeness (QED) is 0.147. The van der Waals surface area contributed by atoms with Gasteiger partial charge in [0.05, 0.1) is 0 Å². The molecule has 0 bridgehead atoms. The van der Waals surface area contributed by atoms with Crippen LogP contribution in [0.25, 0.3) is 0 Å². The van der Waals surface area contributed by atoms with Crippen molar-refractivity contribution in [2.75, 3.05) is 13.2 Å². The number of H-pyrrole nitrogens is 1. The Morgan fingerprint density at radius 3 is 2.47 bits per heavy atom. The summed E-state index contributed by atoms with van der Waals surface area (Å²) in [6.45, 7) is -7.15. The first-order chi connectivity index (χ1) is 15.1. The summed E-state index contributed by atoms with van der Waals surface area (Å²) in [5, 5.41) is 20.6. The molecule has 2 atom stereocenters. The molecule has 1 aromatic rings. The second-order valence-electron chi connectivity index (χ2n) is 6.15. The number of ether oxygens (including phenoxy) is 1. The summed E-state index contributed by atoms with van der Waals surface area (Å²) >= 11 is 0. The molecule has 0 spiro atoms. The summed E-state index contributed by atoms with van der Waals surface area (Å²) in [6, 6.07) is 0. The molecule has 2 heterocycles. The van der Waals surface area contributed by atoms with Crippen LogP contribution in [0.5, 0.6) is 0 Å². The normalized spacial score (nSPS) is 19.5. The van der Waals surface area contributed by atoms with E-state index in [-0.39, 0.29) is 31.4 Å². The van der Waals surface area contributed by atoms with Crippen LogP contribution in [0.15, 0.2) is 15.8 Å². The molecule has 1 saturated heterocycles. The van der Waals surface area contributed by atoms with Gasteiger partial charge in [0.25, 0.3) is 0 Å². The van der Waals surface area contributed by atoms with E-state index in [2.05, 4.69) is 31.2 Å². The molecule has 32 heavy (non-hydrogen) atoms. The third-order valence-electron chi connectivity index (χ3n) is 4.27. The maximum atomic E-state index is 12.2. The average molecular weight is 517 g/mol. The molecule has 0 saturated carbocycles. The van der Waals surface area contributed by atoms with Crippen molar-refractivity contribution >= 4 is 21.4 Å². The molecule has 1 fully saturated rings. The predicted molar refractivity (Wildman–Crippen MR) is 103 cm³/mol. The Balaban J connectivity index is 2.23. The maximum absolute atomic E-state index is 12.2. The number of hydrogen-bond donors (Lipinski definition) is 4. The standard InChI is InChI=1S/C13H18N3O13P3/c14-6-2-1-3-9-7-16(13(18)15-12(9)17)11-5-4-10(26-11)8-25-32(28-20,29-27-19,30(21)22)31(23)24/h7,10-11,19-20H,3-6,8,14H2,(H,15,17,18)/t10-,11+/m0/s1. The van der Waals surface area contributed by atoms with Gasteiger partial charge in [-0.05, 0) is 0 Å². The van der Waals surface area contributed by atoms with Crippen molar-refractivity contribution in [1.82, 2.24) is 9.55 Å². The predicted octanol–water partition coefficient (Wildman–Crippen LogP) is 1.12. The number of nitrogens with two attached hydrogens (primary N) is 1. The van der Waals surface area contributed by atoms with Crippen LogP contribution in [-0.2, 0) is 48.3 Å². The van der Waals surface area contributed by atoms with Crippen LogP contribution >= 0.6 is 21.4 Å². The van der Waals surface area contributed by atoms with E-state index in [4.69, 9.17) is 25.5 Å². The zero-order valence-electron chi connectivity index (χ0n) is 16.0. The van der Waals surface area contributed by atoms with E-state index in [9.17, 15) is 27.8 Å². The summed E-state index contributed by atoms with van der Waals surface area (Å²) in [4.78, 5) is 26.2. The number of aromatic nitrogens is 2. The van der Waals surface area contributed by atoms with Gasteiger partial charge < -0.3 is 5.73 Å². The molecule has 0 aromatic carbocycles. The van der Waals surface area contributed by atoms with Gasteiger partial charge in [0.1, 0.15) is 0 Å². The molecule has 19 heteroatoms. The van der Waals surface area contributed by atoms with Crippen LogP contribution in [0.4, 0.5) is 0 Å². The van der Waals surface area contributed by atoms with Gasteiger partial charge >= 0.3 is 173 Å². The van der Waals surface area contributed by atoms with Crippen LogP contribution in [0, 0.1) is 11.8 Å². The number of hydrogen-bond acceptors (Lipinski definition) is 14. The molecule has 178 valence electrons. The van der Waals surface area contributed by atoms with Gasteiger partial charge in [0.15, 0.2) is 0 Å². The van der Waals surface area contributed by atoms with Crippen molar-refractivity contribution in [3.63, 3.8) is 0 Å². The van der Waals surface area contributed by atoms with E-state index < -0.39 is 51.6 Å². The Labute approximate surface area is 179 Å². The molecule has 16 nitrogen and oxygen atoms in total. The average Bonchev–Trinajstić information content (AvgIpc) is 3.21. The number of aromatic amines is 1. The third-order valence-corrected chi connectivity index (χ3v) is 14.0. The first kappa shape index (κ1) is 26.4. The van der Waals surface area contributed by atoms with E-state index in [1.54, 1.807) is 0 Å². The fraction of sp³-hybridized carbons (Fsp3) is 0.538. The van der Waals surface area contributed by atoms with E-state index >= 15 is 0 Å². The summed E-state index contributed by atoms with van der Waals surface area (Å²) in [6.07, 6.45) is -0.394. The summed E-state index contributed by atoms with van der Waals surface area (Å²) in [7, 11) is -8.63. The Kier molecular flexibility index (Phi) is 8.95. The SMILES string of the molecule is NCC#CCc1cn([C@H]2CC[C@@H](COP(OO)(OOO)(P(=O)=O)P(=O)=O)O2)c(=O)[nH]c1=O. The topological polar surface area (TPSA) is 236 Å². The van der Waals surface area contributed by atoms with Crippen LogP contribution in [-0.4, -0.2) is 39.3 Å². The van der Waals surface area contributed by atoms with E-state index in [0.717, 1.165) is 4.57 Å². The van der Waals surface area contributed by atoms with Gasteiger partial charge in [-0.25, -0.2) is 0 Å². The molecule has 1 aliphatic heterocycles. The Morgan fingerprint density at radius 2 is 1.91 bits per heavy atom. The zero-order valence-corrected chi connectivity index (χ0v) is 18.7. The van der Waals surface area contributed by atoms with Crippen molar-refractivity contribution in [3.8, 4) is 11.8 Å². The number of nitrogens with zero attached hydrogens (tertiary/aromatic N) is 1. The summed E-state index contributed by atoms with van der Waals surface area (Å²) < 4.78 is 65.2. The summed E-state index contributed by atoms with van der Waals surface area (Å²) in [5.74, 6) is 5.23. The van der Waals surface area contributed by atoms with Gasteiger partial charge in [-0.1, -0.05) is 0 Å². The molecule has 0 unspecified atom stereocenters. The van der Waals surface area contributed by atoms with Crippen LogP contribution in [0.2, 0.25) is 0 Å². The molecule has 2 rings (SSSR count). The molecule has 0 amide bonds. The second-order valence-corrected chi connectivity index (χ2v) is 16.3. The zero-order chi connectivity index (χ0) is 24.0. The van der Waals surface area contributed by atoms with Gasteiger partial charge in [-0.2, -0.15) is 0 Å². The Bertz CT molecular complexity index is 1120. The Morgan fingerprint density at radius 1 is 1.22 bits per heavy atom. The van der Waals surface area contributed by atoms with Crippen LogP contribution in [0.1, 0.15) is 24.6 Å². The van der Waals surface area contributed by atoms with Crippen LogP contribution < -0.4 is 17.0 Å². The minimum atomic E-state index is -6.41. The molecule has 1 aliphatic rings. The van der Waals surface area contributed by atoms with Gasteiger partial charge in [0.2, 0.25) is 0 Å². The molecular weight excluding hydrogens is 499 g/mol. The molecule has 5 N–H and O–H groups in total. The van der Waals surface area contributed by atoms with Crippen LogP contribution in [0.3, 0.4) is 0 Å². The van der Waals surface area contributed by atoms with Gasteiger partial charge in [-0.3, -0.25) is 0 Å². The monoisotopic (exact) mass is 517 g/mol. The molecule has 0 aliphatic carbocycles. The van der Waals surface area contributed by atoms with Crippen molar-refractivity contribution in [3.05, 3.63) is 32.6 Å². The second kappa shape index (κ2) is 10.8. The first-order valence-corrected chi connectivity index (χ1v) is 14.4. The molecule has 0 radical (unpaired) electrons. The third kappa shape index (κ3) is 5.04. The van der Waals surface area contributed by atoms with E-state index in [1.807, 2.05) is 0 Å². The fourth-order valence-corrected chi connectivity index (χ4v) is 7.15. The van der Waals surface area contributed by atoms with Gasteiger partial charge in [0, 0.05) is 0 Å². The number of nitrogens with one attached hydrogen (secondary N) is 1. The van der Waals surface area contributed by atoms with Crippen molar-refractivity contribution in [2.45, 2.75) is 31.6 Å². The molecular formula is C13H18N3O13P3. The van der Waals surface area contributed by atoms with Crippen molar-refractivity contribution in [1.29, 1.82) is 0 Å². The van der Waals surface area contributed by atoms with Crippen molar-refractivity contribution < 1.29 is 52.4 Å².